The molecule has 2 aliphatic carbocycles. The monoisotopic (exact) mass is 623 g/mol. The predicted octanol–water partition coefficient (Wildman–Crippen LogP) is 10.9. The van der Waals surface area contributed by atoms with Gasteiger partial charge >= 0.3 is 0 Å². The van der Waals surface area contributed by atoms with E-state index in [1.165, 1.54) is 55.3 Å². The van der Waals surface area contributed by atoms with Crippen LogP contribution in [0.2, 0.25) is 0 Å². The van der Waals surface area contributed by atoms with E-state index in [9.17, 15) is 0 Å². The minimum Gasteiger partial charge on any atom is -0.264 e. The Balaban J connectivity index is 1.29. The van der Waals surface area contributed by atoms with Crippen LogP contribution in [0.25, 0.3) is 68.0 Å². The molecule has 0 bridgehead atoms. The molecule has 0 saturated heterocycles. The highest BCUT2D eigenvalue weighted by atomic mass is 14.9. The van der Waals surface area contributed by atoms with Gasteiger partial charge in [0.05, 0.1) is 16.8 Å². The third kappa shape index (κ3) is 4.12. The second-order valence-electron chi connectivity index (χ2n) is 12.8. The Morgan fingerprint density at radius 3 is 2.02 bits per heavy atom. The van der Waals surface area contributed by atoms with Gasteiger partial charge in [-0.1, -0.05) is 140 Å². The van der Waals surface area contributed by atoms with Crippen molar-refractivity contribution in [2.75, 3.05) is 0 Å². The summed E-state index contributed by atoms with van der Waals surface area (Å²) in [7, 11) is 0. The average molecular weight is 624 g/mol. The molecule has 0 saturated carbocycles. The molecule has 0 aliphatic heterocycles. The maximum absolute atomic E-state index is 5.21. The first kappa shape index (κ1) is 27.6. The van der Waals surface area contributed by atoms with Crippen LogP contribution in [0.4, 0.5) is 0 Å². The van der Waals surface area contributed by atoms with Crippen molar-refractivity contribution in [1.29, 1.82) is 0 Å². The van der Waals surface area contributed by atoms with E-state index < -0.39 is 5.41 Å². The first-order chi connectivity index (χ1) is 24.3. The number of aromatic nitrogens is 3. The standard InChI is InChI=1S/C46H29N3/c1-2-13-33(14-3-1)42-28-43(35-15-10-26-47-29-35)49-45(48-42)34-23-22-32-21-20-31-12-5-8-18-38(31)46(41(32)27-34)39-19-9-7-17-37(39)44-36-16-6-4-11-30(36)24-25-40(44)46/h1-29H. The lowest BCUT2D eigenvalue weighted by molar-refractivity contribution is 0.767. The molecule has 2 aliphatic rings. The van der Waals surface area contributed by atoms with Crippen molar-refractivity contribution in [3.05, 3.63) is 197 Å². The highest BCUT2D eigenvalue weighted by molar-refractivity contribution is 6.05. The normalized spacial score (nSPS) is 15.3. The fourth-order valence-electron chi connectivity index (χ4n) is 8.10. The van der Waals surface area contributed by atoms with E-state index in [-0.39, 0.29) is 0 Å². The van der Waals surface area contributed by atoms with Gasteiger partial charge in [-0.05, 0) is 79.5 Å². The Morgan fingerprint density at radius 1 is 0.449 bits per heavy atom. The van der Waals surface area contributed by atoms with Crippen LogP contribution >= 0.6 is 0 Å². The van der Waals surface area contributed by atoms with Gasteiger partial charge in [-0.15, -0.1) is 0 Å². The number of hydrogen-bond donors (Lipinski definition) is 0. The fraction of sp³-hybridized carbons (Fsp3) is 0.0217. The SMILES string of the molecule is C1=Cc2ccc(-c3nc(-c4ccccc4)cc(-c4cccnc4)n3)cc2C2(c3ccccc31)c1ccccc1-c1c2ccc2ccccc12. The molecule has 1 atom stereocenters. The largest absolute Gasteiger partial charge is 0.264 e. The van der Waals surface area contributed by atoms with Crippen LogP contribution in [0.15, 0.2) is 164 Å². The zero-order valence-corrected chi connectivity index (χ0v) is 26.6. The van der Waals surface area contributed by atoms with Gasteiger partial charge in [0.1, 0.15) is 0 Å². The van der Waals surface area contributed by atoms with Crippen LogP contribution in [-0.2, 0) is 5.41 Å². The summed E-state index contributed by atoms with van der Waals surface area (Å²) in [4.78, 5) is 14.8. The van der Waals surface area contributed by atoms with Crippen molar-refractivity contribution in [3.8, 4) is 45.0 Å². The van der Waals surface area contributed by atoms with Crippen LogP contribution in [0, 0.1) is 0 Å². The minimum absolute atomic E-state index is 0.551. The summed E-state index contributed by atoms with van der Waals surface area (Å²) in [6.45, 7) is 0. The maximum atomic E-state index is 5.21. The van der Waals surface area contributed by atoms with Crippen LogP contribution in [-0.4, -0.2) is 15.0 Å². The highest BCUT2D eigenvalue weighted by Crippen LogP contribution is 2.60. The van der Waals surface area contributed by atoms with Crippen molar-refractivity contribution in [2.24, 2.45) is 0 Å². The quantitative estimate of drug-likeness (QED) is 0.197. The zero-order valence-electron chi connectivity index (χ0n) is 26.6. The number of hydrogen-bond acceptors (Lipinski definition) is 3. The molecule has 6 aromatic carbocycles. The molecule has 10 rings (SSSR count). The highest BCUT2D eigenvalue weighted by Gasteiger charge is 2.49. The van der Waals surface area contributed by atoms with Crippen molar-refractivity contribution < 1.29 is 0 Å². The molecule has 3 nitrogen and oxygen atoms in total. The number of fused-ring (bicyclic) bond motifs is 11. The Morgan fingerprint density at radius 2 is 1.16 bits per heavy atom. The summed E-state index contributed by atoms with van der Waals surface area (Å²) in [6.07, 6.45) is 8.21. The van der Waals surface area contributed by atoms with Gasteiger partial charge in [0.15, 0.2) is 5.82 Å². The van der Waals surface area contributed by atoms with E-state index in [1.54, 1.807) is 6.20 Å². The molecule has 1 unspecified atom stereocenters. The van der Waals surface area contributed by atoms with Gasteiger partial charge in [0.25, 0.3) is 0 Å². The van der Waals surface area contributed by atoms with Gasteiger partial charge in [-0.3, -0.25) is 4.98 Å². The van der Waals surface area contributed by atoms with Gasteiger partial charge in [-0.25, -0.2) is 9.97 Å². The second kappa shape index (κ2) is 10.8. The lowest BCUT2D eigenvalue weighted by Gasteiger charge is -2.35. The summed E-state index contributed by atoms with van der Waals surface area (Å²) in [6, 6.07) is 54.5. The van der Waals surface area contributed by atoms with Crippen LogP contribution in [0.1, 0.15) is 33.4 Å². The van der Waals surface area contributed by atoms with E-state index in [4.69, 9.17) is 9.97 Å². The summed E-state index contributed by atoms with van der Waals surface area (Å²) < 4.78 is 0. The summed E-state index contributed by atoms with van der Waals surface area (Å²) >= 11 is 0. The molecule has 8 aromatic rings. The first-order valence-electron chi connectivity index (χ1n) is 16.7. The van der Waals surface area contributed by atoms with Crippen molar-refractivity contribution in [2.45, 2.75) is 5.41 Å². The lowest BCUT2D eigenvalue weighted by atomic mass is 9.65. The molecule has 0 radical (unpaired) electrons. The fourth-order valence-corrected chi connectivity index (χ4v) is 8.10. The molecule has 2 heterocycles. The predicted molar refractivity (Wildman–Crippen MR) is 200 cm³/mol. The maximum Gasteiger partial charge on any atom is 0.160 e. The number of benzene rings is 6. The van der Waals surface area contributed by atoms with Crippen LogP contribution in [0.5, 0.6) is 0 Å². The van der Waals surface area contributed by atoms with Gasteiger partial charge in [0, 0.05) is 29.1 Å². The van der Waals surface area contributed by atoms with Crippen molar-refractivity contribution >= 4 is 22.9 Å². The Kier molecular flexibility index (Phi) is 6.09. The topological polar surface area (TPSA) is 38.7 Å². The molecule has 228 valence electrons. The van der Waals surface area contributed by atoms with E-state index in [2.05, 4.69) is 157 Å². The lowest BCUT2D eigenvalue weighted by Crippen LogP contribution is -2.30. The zero-order chi connectivity index (χ0) is 32.4. The molecule has 2 aromatic heterocycles. The van der Waals surface area contributed by atoms with Crippen LogP contribution < -0.4 is 0 Å². The number of pyridine rings is 1. The van der Waals surface area contributed by atoms with E-state index >= 15 is 0 Å². The number of nitrogens with zero attached hydrogens (tertiary/aromatic N) is 3. The minimum atomic E-state index is -0.551. The molecular weight excluding hydrogens is 595 g/mol. The summed E-state index contributed by atoms with van der Waals surface area (Å²) in [5.74, 6) is 0.685. The molecular formula is C46H29N3. The summed E-state index contributed by atoms with van der Waals surface area (Å²) in [5, 5.41) is 2.52. The van der Waals surface area contributed by atoms with Gasteiger partial charge in [0.2, 0.25) is 0 Å². The average Bonchev–Trinajstić information content (AvgIpc) is 3.40. The molecule has 3 heteroatoms. The molecule has 0 amide bonds. The van der Waals surface area contributed by atoms with Crippen molar-refractivity contribution in [1.82, 2.24) is 15.0 Å². The molecule has 1 spiro atoms. The van der Waals surface area contributed by atoms with Gasteiger partial charge < -0.3 is 0 Å². The molecule has 49 heavy (non-hydrogen) atoms. The van der Waals surface area contributed by atoms with Gasteiger partial charge in [-0.2, -0.15) is 0 Å². The third-order valence-corrected chi connectivity index (χ3v) is 10.2. The Bertz CT molecular complexity index is 2550. The summed E-state index contributed by atoms with van der Waals surface area (Å²) in [5.41, 5.74) is 14.2. The Labute approximate surface area is 285 Å². The van der Waals surface area contributed by atoms with Crippen molar-refractivity contribution in [3.63, 3.8) is 0 Å². The molecule has 0 fully saturated rings. The molecule has 0 N–H and O–H groups in total. The van der Waals surface area contributed by atoms with E-state index in [1.807, 2.05) is 18.3 Å². The van der Waals surface area contributed by atoms with E-state index in [0.717, 1.165) is 28.1 Å². The first-order valence-corrected chi connectivity index (χ1v) is 16.7. The number of rotatable bonds is 3. The van der Waals surface area contributed by atoms with Crippen LogP contribution in [0.3, 0.4) is 0 Å². The Hall–Kier alpha value is -6.45. The smallest absolute Gasteiger partial charge is 0.160 e. The third-order valence-electron chi connectivity index (χ3n) is 10.2. The second-order valence-corrected chi connectivity index (χ2v) is 12.8. The van der Waals surface area contributed by atoms with E-state index in [0.29, 0.717) is 5.82 Å².